The molecule has 19 heavy (non-hydrogen) atoms. The Bertz CT molecular complexity index is 722. The molecule has 0 radical (unpaired) electrons. The van der Waals surface area contributed by atoms with Crippen molar-refractivity contribution < 1.29 is 0 Å². The minimum atomic E-state index is 0.418. The average molecular weight is 274 g/mol. The molecular formula is C13H12ClN5. The van der Waals surface area contributed by atoms with Crippen molar-refractivity contribution in [3.8, 4) is 0 Å². The Kier molecular flexibility index (Phi) is 3.05. The first-order valence-corrected chi connectivity index (χ1v) is 6.25. The molecule has 0 saturated carbocycles. The van der Waals surface area contributed by atoms with Gasteiger partial charge in [-0.05, 0) is 6.07 Å². The number of hydrogen-bond donors (Lipinski definition) is 1. The number of hydrogen-bond acceptors (Lipinski definition) is 4. The second-order valence-corrected chi connectivity index (χ2v) is 4.54. The van der Waals surface area contributed by atoms with Crippen LogP contribution < -0.4 is 5.32 Å². The zero-order valence-electron chi connectivity index (χ0n) is 10.3. The Balaban J connectivity index is 1.93. The van der Waals surface area contributed by atoms with Crippen molar-refractivity contribution in [3.63, 3.8) is 0 Å². The third-order valence-corrected chi connectivity index (χ3v) is 3.28. The van der Waals surface area contributed by atoms with E-state index in [2.05, 4.69) is 20.6 Å². The summed E-state index contributed by atoms with van der Waals surface area (Å²) >= 11 is 6.04. The van der Waals surface area contributed by atoms with Crippen molar-refractivity contribution in [1.82, 2.24) is 20.0 Å². The maximum Gasteiger partial charge on any atom is 0.159 e. The third kappa shape index (κ3) is 2.24. The lowest BCUT2D eigenvalue weighted by Crippen LogP contribution is -2.07. The molecule has 0 unspecified atom stereocenters. The van der Waals surface area contributed by atoms with E-state index in [1.54, 1.807) is 6.20 Å². The predicted molar refractivity (Wildman–Crippen MR) is 75.1 cm³/mol. The molecule has 0 aliphatic carbocycles. The number of aryl methyl sites for hydroxylation is 1. The van der Waals surface area contributed by atoms with Crippen molar-refractivity contribution in [2.24, 2.45) is 7.05 Å². The monoisotopic (exact) mass is 273 g/mol. The van der Waals surface area contributed by atoms with Crippen LogP contribution in [-0.2, 0) is 13.6 Å². The Labute approximate surface area is 115 Å². The van der Waals surface area contributed by atoms with E-state index in [9.17, 15) is 0 Å². The summed E-state index contributed by atoms with van der Waals surface area (Å²) in [5, 5.41) is 17.7. The molecule has 0 bridgehead atoms. The van der Waals surface area contributed by atoms with Crippen LogP contribution in [0.1, 0.15) is 5.69 Å². The molecule has 0 aliphatic rings. The lowest BCUT2D eigenvalue weighted by molar-refractivity contribution is 0.719. The van der Waals surface area contributed by atoms with Gasteiger partial charge in [0.1, 0.15) is 0 Å². The zero-order chi connectivity index (χ0) is 13.2. The summed E-state index contributed by atoms with van der Waals surface area (Å²) in [7, 11) is 1.91. The molecule has 5 nitrogen and oxygen atoms in total. The normalized spacial score (nSPS) is 10.8. The quantitative estimate of drug-likeness (QED) is 0.797. The van der Waals surface area contributed by atoms with Gasteiger partial charge in [-0.15, -0.1) is 10.2 Å². The van der Waals surface area contributed by atoms with Crippen LogP contribution in [0, 0.1) is 0 Å². The molecule has 96 valence electrons. The van der Waals surface area contributed by atoms with E-state index < -0.39 is 0 Å². The minimum absolute atomic E-state index is 0.418. The van der Waals surface area contributed by atoms with E-state index in [0.29, 0.717) is 11.7 Å². The van der Waals surface area contributed by atoms with Crippen molar-refractivity contribution >= 4 is 28.2 Å². The molecule has 0 spiro atoms. The van der Waals surface area contributed by atoms with Gasteiger partial charge >= 0.3 is 0 Å². The summed E-state index contributed by atoms with van der Waals surface area (Å²) in [4.78, 5) is 0. The van der Waals surface area contributed by atoms with Gasteiger partial charge in [0.15, 0.2) is 11.0 Å². The number of fused-ring (bicyclic) bond motifs is 1. The number of benzene rings is 1. The minimum Gasteiger partial charge on any atom is -0.362 e. The number of rotatable bonds is 3. The van der Waals surface area contributed by atoms with Crippen LogP contribution in [0.3, 0.4) is 0 Å². The fraction of sp³-hybridized carbons (Fsp3) is 0.154. The molecular weight excluding hydrogens is 262 g/mol. The summed E-state index contributed by atoms with van der Waals surface area (Å²) in [6.45, 7) is 0.636. The third-order valence-electron chi connectivity index (χ3n) is 3.00. The van der Waals surface area contributed by atoms with E-state index in [1.165, 1.54) is 0 Å². The highest BCUT2D eigenvalue weighted by Gasteiger charge is 2.07. The number of halogens is 1. The summed E-state index contributed by atoms with van der Waals surface area (Å²) in [6, 6.07) is 9.75. The van der Waals surface area contributed by atoms with E-state index in [-0.39, 0.29) is 0 Å². The van der Waals surface area contributed by atoms with Crippen molar-refractivity contribution in [2.75, 3.05) is 5.32 Å². The molecule has 0 fully saturated rings. The van der Waals surface area contributed by atoms with Gasteiger partial charge in [0.25, 0.3) is 0 Å². The van der Waals surface area contributed by atoms with E-state index in [1.807, 2.05) is 42.1 Å². The van der Waals surface area contributed by atoms with Gasteiger partial charge in [-0.2, -0.15) is 5.10 Å². The topological polar surface area (TPSA) is 55.6 Å². The highest BCUT2D eigenvalue weighted by molar-refractivity contribution is 6.34. The van der Waals surface area contributed by atoms with Gasteiger partial charge in [0.2, 0.25) is 0 Å². The van der Waals surface area contributed by atoms with Gasteiger partial charge in [0.05, 0.1) is 12.2 Å². The summed E-state index contributed by atoms with van der Waals surface area (Å²) in [5.74, 6) is 0.723. The number of anilines is 1. The van der Waals surface area contributed by atoms with Gasteiger partial charge in [-0.1, -0.05) is 35.9 Å². The van der Waals surface area contributed by atoms with Gasteiger partial charge in [-0.25, -0.2) is 0 Å². The highest BCUT2D eigenvalue weighted by atomic mass is 35.5. The number of nitrogens with zero attached hydrogens (tertiary/aromatic N) is 4. The SMILES string of the molecule is Cn1nccc1CNc1nnc(Cl)c2ccccc12. The molecule has 2 heterocycles. The van der Waals surface area contributed by atoms with Crippen LogP contribution in [0.2, 0.25) is 5.15 Å². The van der Waals surface area contributed by atoms with Gasteiger partial charge in [0, 0.05) is 24.0 Å². The van der Waals surface area contributed by atoms with Gasteiger partial charge < -0.3 is 5.32 Å². The van der Waals surface area contributed by atoms with Gasteiger partial charge in [-0.3, -0.25) is 4.68 Å². The molecule has 1 N–H and O–H groups in total. The Morgan fingerprint density at radius 2 is 1.95 bits per heavy atom. The molecule has 1 aromatic carbocycles. The first-order valence-electron chi connectivity index (χ1n) is 5.87. The smallest absolute Gasteiger partial charge is 0.159 e. The average Bonchev–Trinajstić information content (AvgIpc) is 2.84. The lowest BCUT2D eigenvalue weighted by Gasteiger charge is -2.08. The Hall–Kier alpha value is -2.14. The first-order chi connectivity index (χ1) is 9.25. The van der Waals surface area contributed by atoms with Crippen LogP contribution in [0.25, 0.3) is 10.8 Å². The van der Waals surface area contributed by atoms with Crippen molar-refractivity contribution in [1.29, 1.82) is 0 Å². The number of aromatic nitrogens is 4. The maximum absolute atomic E-state index is 6.04. The standard InChI is InChI=1S/C13H12ClN5/c1-19-9(6-7-16-19)8-15-13-11-5-3-2-4-10(11)12(14)17-18-13/h2-7H,8H2,1H3,(H,15,18). The molecule has 0 saturated heterocycles. The van der Waals surface area contributed by atoms with Crippen molar-refractivity contribution in [3.05, 3.63) is 47.4 Å². The molecule has 2 aromatic heterocycles. The largest absolute Gasteiger partial charge is 0.362 e. The van der Waals surface area contributed by atoms with E-state index in [4.69, 9.17) is 11.6 Å². The Morgan fingerprint density at radius 3 is 2.68 bits per heavy atom. The summed E-state index contributed by atoms with van der Waals surface area (Å²) in [5.41, 5.74) is 1.07. The van der Waals surface area contributed by atoms with Crippen LogP contribution in [0.4, 0.5) is 5.82 Å². The highest BCUT2D eigenvalue weighted by Crippen LogP contribution is 2.25. The predicted octanol–water partition coefficient (Wildman–Crippen LogP) is 2.63. The van der Waals surface area contributed by atoms with Crippen LogP contribution in [0.5, 0.6) is 0 Å². The van der Waals surface area contributed by atoms with Crippen LogP contribution in [0.15, 0.2) is 36.5 Å². The maximum atomic E-state index is 6.04. The first kappa shape index (κ1) is 11.9. The molecule has 6 heteroatoms. The zero-order valence-corrected chi connectivity index (χ0v) is 11.1. The second kappa shape index (κ2) is 4.85. The lowest BCUT2D eigenvalue weighted by atomic mass is 10.2. The number of nitrogens with one attached hydrogen (secondary N) is 1. The van der Waals surface area contributed by atoms with Crippen LogP contribution in [-0.4, -0.2) is 20.0 Å². The molecule has 0 amide bonds. The molecule has 0 atom stereocenters. The summed E-state index contributed by atoms with van der Waals surface area (Å²) < 4.78 is 1.82. The van der Waals surface area contributed by atoms with E-state index in [0.717, 1.165) is 22.3 Å². The molecule has 3 aromatic rings. The summed E-state index contributed by atoms with van der Waals surface area (Å²) in [6.07, 6.45) is 1.77. The molecule has 3 rings (SSSR count). The van der Waals surface area contributed by atoms with Crippen LogP contribution >= 0.6 is 11.6 Å². The fourth-order valence-corrected chi connectivity index (χ4v) is 2.15. The van der Waals surface area contributed by atoms with Crippen molar-refractivity contribution in [2.45, 2.75) is 6.54 Å². The second-order valence-electron chi connectivity index (χ2n) is 4.18. The molecule has 0 aliphatic heterocycles. The van der Waals surface area contributed by atoms with E-state index >= 15 is 0 Å². The fourth-order valence-electron chi connectivity index (χ4n) is 1.95. The Morgan fingerprint density at radius 1 is 1.16 bits per heavy atom.